The first-order chi connectivity index (χ1) is 10.7. The van der Waals surface area contributed by atoms with Gasteiger partial charge in [-0.25, -0.2) is 0 Å². The Morgan fingerprint density at radius 1 is 1.14 bits per heavy atom. The zero-order valence-electron chi connectivity index (χ0n) is 12.3. The van der Waals surface area contributed by atoms with Crippen molar-refractivity contribution in [2.75, 3.05) is 5.32 Å². The molecular weight excluding hydrogens is 294 g/mol. The minimum Gasteiger partial charge on any atom is -0.468 e. The first-order valence-electron chi connectivity index (χ1n) is 7.16. The Bertz CT molecular complexity index is 768. The lowest BCUT2D eigenvalue weighted by atomic mass is 10.1. The number of anilines is 1. The molecule has 1 aromatic heterocycles. The minimum absolute atomic E-state index is 0.00633. The molecule has 0 aliphatic heterocycles. The van der Waals surface area contributed by atoms with Crippen LogP contribution in [0.4, 0.5) is 5.69 Å². The summed E-state index contributed by atoms with van der Waals surface area (Å²) < 4.78 is 5.28. The number of hydrogen-bond acceptors (Lipinski definition) is 3. The standard InChI is InChI=1S/C18H17NO2S/c1-13(22-12-17-7-4-10-21-17)18(20)19-16-9-8-14-5-2-3-6-15(14)11-16/h2-11,13H,12H2,1H3,(H,19,20)/t13-/m1/s1. The summed E-state index contributed by atoms with van der Waals surface area (Å²) in [7, 11) is 0. The van der Waals surface area contributed by atoms with Gasteiger partial charge in [-0.05, 0) is 42.0 Å². The molecule has 112 valence electrons. The predicted molar refractivity (Wildman–Crippen MR) is 92.0 cm³/mol. The van der Waals surface area contributed by atoms with E-state index in [1.54, 1.807) is 18.0 Å². The number of hydrogen-bond donors (Lipinski definition) is 1. The van der Waals surface area contributed by atoms with Crippen LogP contribution in [0.25, 0.3) is 10.8 Å². The summed E-state index contributed by atoms with van der Waals surface area (Å²) in [4.78, 5) is 12.2. The van der Waals surface area contributed by atoms with E-state index in [2.05, 4.69) is 11.4 Å². The lowest BCUT2D eigenvalue weighted by Gasteiger charge is -2.12. The molecule has 22 heavy (non-hydrogen) atoms. The summed E-state index contributed by atoms with van der Waals surface area (Å²) in [5, 5.41) is 5.12. The van der Waals surface area contributed by atoms with Gasteiger partial charge in [0.25, 0.3) is 0 Å². The minimum atomic E-state index is -0.142. The molecule has 0 spiro atoms. The highest BCUT2D eigenvalue weighted by molar-refractivity contribution is 7.99. The molecule has 2 aromatic carbocycles. The molecular formula is C18H17NO2S. The molecule has 0 bridgehead atoms. The van der Waals surface area contributed by atoms with Crippen molar-refractivity contribution in [1.82, 2.24) is 0 Å². The Kier molecular flexibility index (Phi) is 4.49. The van der Waals surface area contributed by atoms with Crippen molar-refractivity contribution in [1.29, 1.82) is 0 Å². The highest BCUT2D eigenvalue weighted by atomic mass is 32.2. The third-order valence-corrected chi connectivity index (χ3v) is 4.61. The van der Waals surface area contributed by atoms with Gasteiger partial charge < -0.3 is 9.73 Å². The maximum absolute atomic E-state index is 12.2. The van der Waals surface area contributed by atoms with Crippen LogP contribution in [0, 0.1) is 0 Å². The summed E-state index contributed by atoms with van der Waals surface area (Å²) in [6.45, 7) is 1.91. The fourth-order valence-electron chi connectivity index (χ4n) is 2.19. The van der Waals surface area contributed by atoms with Crippen LogP contribution in [-0.2, 0) is 10.5 Å². The number of amides is 1. The zero-order chi connectivity index (χ0) is 15.4. The Morgan fingerprint density at radius 2 is 1.95 bits per heavy atom. The van der Waals surface area contributed by atoms with Gasteiger partial charge in [0.05, 0.1) is 17.3 Å². The fourth-order valence-corrected chi connectivity index (χ4v) is 2.98. The van der Waals surface area contributed by atoms with Crippen molar-refractivity contribution in [2.24, 2.45) is 0 Å². The summed E-state index contributed by atoms with van der Waals surface area (Å²) >= 11 is 1.56. The van der Waals surface area contributed by atoms with Crippen LogP contribution in [-0.4, -0.2) is 11.2 Å². The predicted octanol–water partition coefficient (Wildman–Crippen LogP) is 4.69. The summed E-state index contributed by atoms with van der Waals surface area (Å²) in [6, 6.07) is 17.8. The van der Waals surface area contributed by atoms with Crippen LogP contribution in [0.3, 0.4) is 0 Å². The van der Waals surface area contributed by atoms with Crippen molar-refractivity contribution in [3.8, 4) is 0 Å². The number of nitrogens with one attached hydrogen (secondary N) is 1. The van der Waals surface area contributed by atoms with E-state index >= 15 is 0 Å². The molecule has 4 heteroatoms. The van der Waals surface area contributed by atoms with Gasteiger partial charge in [0.1, 0.15) is 5.76 Å². The van der Waals surface area contributed by atoms with Gasteiger partial charge >= 0.3 is 0 Å². The monoisotopic (exact) mass is 311 g/mol. The van der Waals surface area contributed by atoms with Crippen LogP contribution in [0.1, 0.15) is 12.7 Å². The number of carbonyl (C=O) groups excluding carboxylic acids is 1. The third-order valence-electron chi connectivity index (χ3n) is 3.44. The van der Waals surface area contributed by atoms with Gasteiger partial charge in [-0.1, -0.05) is 30.3 Å². The maximum Gasteiger partial charge on any atom is 0.237 e. The van der Waals surface area contributed by atoms with Crippen LogP contribution in [0.15, 0.2) is 65.3 Å². The Balaban J connectivity index is 1.61. The van der Waals surface area contributed by atoms with Gasteiger partial charge in [0.2, 0.25) is 5.91 Å². The van der Waals surface area contributed by atoms with Gasteiger partial charge in [-0.15, -0.1) is 11.8 Å². The molecule has 0 aliphatic carbocycles. The topological polar surface area (TPSA) is 42.2 Å². The van der Waals surface area contributed by atoms with Crippen LogP contribution >= 0.6 is 11.8 Å². The summed E-state index contributed by atoms with van der Waals surface area (Å²) in [6.07, 6.45) is 1.65. The summed E-state index contributed by atoms with van der Waals surface area (Å²) in [5.74, 6) is 1.58. The number of rotatable bonds is 5. The van der Waals surface area contributed by atoms with Crippen LogP contribution < -0.4 is 5.32 Å². The Labute approximate surface area is 133 Å². The highest BCUT2D eigenvalue weighted by Crippen LogP contribution is 2.22. The lowest BCUT2D eigenvalue weighted by Crippen LogP contribution is -2.22. The molecule has 1 heterocycles. The number of thioether (sulfide) groups is 1. The largest absolute Gasteiger partial charge is 0.468 e. The zero-order valence-corrected chi connectivity index (χ0v) is 13.1. The van der Waals surface area contributed by atoms with Crippen LogP contribution in [0.2, 0.25) is 0 Å². The first kappa shape index (κ1) is 14.7. The van der Waals surface area contributed by atoms with Crippen molar-refractivity contribution in [3.63, 3.8) is 0 Å². The molecule has 3 nitrogen and oxygen atoms in total. The molecule has 3 aromatic rings. The molecule has 0 aliphatic rings. The van der Waals surface area contributed by atoms with Gasteiger partial charge in [-0.3, -0.25) is 4.79 Å². The second-order valence-electron chi connectivity index (χ2n) is 5.08. The van der Waals surface area contributed by atoms with Gasteiger partial charge in [-0.2, -0.15) is 0 Å². The molecule has 1 amide bonds. The molecule has 1 N–H and O–H groups in total. The second kappa shape index (κ2) is 6.71. The van der Waals surface area contributed by atoms with Gasteiger partial charge in [0.15, 0.2) is 0 Å². The van der Waals surface area contributed by atoms with Gasteiger partial charge in [0, 0.05) is 5.69 Å². The quantitative estimate of drug-likeness (QED) is 0.743. The average Bonchev–Trinajstić information content (AvgIpc) is 3.06. The van der Waals surface area contributed by atoms with E-state index in [4.69, 9.17) is 4.42 Å². The molecule has 0 fully saturated rings. The van der Waals surface area contributed by atoms with E-state index < -0.39 is 0 Å². The molecule has 3 rings (SSSR count). The smallest absolute Gasteiger partial charge is 0.237 e. The first-order valence-corrected chi connectivity index (χ1v) is 8.21. The van der Waals surface area contributed by atoms with E-state index in [1.165, 1.54) is 5.39 Å². The SMILES string of the molecule is C[C@@H](SCc1ccco1)C(=O)Nc1ccc2ccccc2c1. The van der Waals surface area contributed by atoms with E-state index in [0.29, 0.717) is 5.75 Å². The van der Waals surface area contributed by atoms with Crippen molar-refractivity contribution in [2.45, 2.75) is 17.9 Å². The van der Waals surface area contributed by atoms with Crippen molar-refractivity contribution in [3.05, 3.63) is 66.6 Å². The lowest BCUT2D eigenvalue weighted by molar-refractivity contribution is -0.115. The third kappa shape index (κ3) is 3.52. The average molecular weight is 311 g/mol. The number of furan rings is 1. The Morgan fingerprint density at radius 3 is 2.73 bits per heavy atom. The second-order valence-corrected chi connectivity index (χ2v) is 6.41. The molecule has 0 saturated carbocycles. The maximum atomic E-state index is 12.2. The van der Waals surface area contributed by atoms with Crippen molar-refractivity contribution < 1.29 is 9.21 Å². The normalized spacial score (nSPS) is 12.2. The Hall–Kier alpha value is -2.20. The molecule has 0 saturated heterocycles. The van der Waals surface area contributed by atoms with E-state index in [-0.39, 0.29) is 11.2 Å². The molecule has 0 radical (unpaired) electrons. The number of benzene rings is 2. The highest BCUT2D eigenvalue weighted by Gasteiger charge is 2.14. The summed E-state index contributed by atoms with van der Waals surface area (Å²) in [5.41, 5.74) is 0.828. The van der Waals surface area contributed by atoms with Crippen LogP contribution in [0.5, 0.6) is 0 Å². The van der Waals surface area contributed by atoms with E-state index in [9.17, 15) is 4.79 Å². The van der Waals surface area contributed by atoms with Crippen molar-refractivity contribution >= 4 is 34.1 Å². The number of carbonyl (C=O) groups is 1. The number of fused-ring (bicyclic) bond motifs is 1. The van der Waals surface area contributed by atoms with E-state index in [1.807, 2.05) is 55.5 Å². The fraction of sp³-hybridized carbons (Fsp3) is 0.167. The molecule has 0 unspecified atom stereocenters. The molecule has 1 atom stereocenters. The van der Waals surface area contributed by atoms with E-state index in [0.717, 1.165) is 16.8 Å².